The zero-order valence-corrected chi connectivity index (χ0v) is 19.0. The average molecular weight is 447 g/mol. The Morgan fingerprint density at radius 2 is 1.87 bits per heavy atom. The fourth-order valence-corrected chi connectivity index (χ4v) is 2.91. The number of amides is 2. The fraction of sp³-hybridized carbons (Fsp3) is 0.304. The molecule has 0 heterocycles. The molecule has 2 aromatic carbocycles. The number of halogens is 1. The highest BCUT2D eigenvalue weighted by molar-refractivity contribution is 6.32. The molecular formula is C23H27ClN2O5. The van der Waals surface area contributed by atoms with Crippen LogP contribution in [0.5, 0.6) is 17.2 Å². The second kappa shape index (κ2) is 11.3. The fourth-order valence-electron chi connectivity index (χ4n) is 2.63. The Balaban J connectivity index is 2.03. The number of nitrogens with one attached hydrogen (secondary N) is 1. The van der Waals surface area contributed by atoms with E-state index in [0.717, 1.165) is 0 Å². The molecule has 0 saturated heterocycles. The molecule has 0 saturated carbocycles. The number of carbonyl (C=O) groups is 2. The van der Waals surface area contributed by atoms with Gasteiger partial charge >= 0.3 is 12.0 Å². The maximum atomic E-state index is 12.2. The molecule has 0 radical (unpaired) electrons. The molecule has 0 aromatic heterocycles. The largest absolute Gasteiger partial charge is 0.493 e. The number of benzene rings is 2. The molecule has 0 aliphatic rings. The van der Waals surface area contributed by atoms with Crippen LogP contribution in [-0.4, -0.2) is 38.8 Å². The van der Waals surface area contributed by atoms with E-state index in [1.54, 1.807) is 49.5 Å². The van der Waals surface area contributed by atoms with Crippen molar-refractivity contribution in [2.75, 3.05) is 25.7 Å². The second-order valence-corrected chi connectivity index (χ2v) is 7.29. The van der Waals surface area contributed by atoms with Gasteiger partial charge in [0, 0.05) is 24.9 Å². The Labute approximate surface area is 187 Å². The van der Waals surface area contributed by atoms with Crippen LogP contribution in [0.1, 0.15) is 26.3 Å². The van der Waals surface area contributed by atoms with Crippen LogP contribution in [0.25, 0.3) is 6.08 Å². The van der Waals surface area contributed by atoms with E-state index < -0.39 is 5.97 Å². The molecule has 0 bridgehead atoms. The van der Waals surface area contributed by atoms with Crippen molar-refractivity contribution in [3.05, 3.63) is 53.1 Å². The Kier molecular flexibility index (Phi) is 8.75. The Morgan fingerprint density at radius 3 is 2.45 bits per heavy atom. The molecule has 0 fully saturated rings. The summed E-state index contributed by atoms with van der Waals surface area (Å²) in [5.74, 6) is 0.739. The summed E-state index contributed by atoms with van der Waals surface area (Å²) >= 11 is 6.24. The highest BCUT2D eigenvalue weighted by Crippen LogP contribution is 2.36. The van der Waals surface area contributed by atoms with Crippen molar-refractivity contribution in [2.45, 2.75) is 26.8 Å². The van der Waals surface area contributed by atoms with Crippen LogP contribution in [0.2, 0.25) is 5.02 Å². The van der Waals surface area contributed by atoms with Crippen molar-refractivity contribution in [3.8, 4) is 17.2 Å². The summed E-state index contributed by atoms with van der Waals surface area (Å²) in [4.78, 5) is 25.7. The smallest absolute Gasteiger partial charge is 0.336 e. The van der Waals surface area contributed by atoms with E-state index in [1.165, 1.54) is 18.1 Å². The van der Waals surface area contributed by atoms with Gasteiger partial charge in [-0.25, -0.2) is 9.59 Å². The summed E-state index contributed by atoms with van der Waals surface area (Å²) in [5.41, 5.74) is 1.33. The van der Waals surface area contributed by atoms with E-state index in [0.29, 0.717) is 40.1 Å². The number of hydrogen-bond acceptors (Lipinski definition) is 5. The third-order valence-corrected chi connectivity index (χ3v) is 4.39. The molecule has 0 atom stereocenters. The first-order chi connectivity index (χ1) is 14.7. The number of hydrogen-bond donors (Lipinski definition) is 1. The van der Waals surface area contributed by atoms with Gasteiger partial charge in [0.05, 0.1) is 18.7 Å². The van der Waals surface area contributed by atoms with Gasteiger partial charge in [-0.1, -0.05) is 11.6 Å². The van der Waals surface area contributed by atoms with Crippen LogP contribution in [0.3, 0.4) is 0 Å². The van der Waals surface area contributed by atoms with Crippen molar-refractivity contribution >= 4 is 35.4 Å². The van der Waals surface area contributed by atoms with Gasteiger partial charge in [-0.3, -0.25) is 4.90 Å². The lowest BCUT2D eigenvalue weighted by Crippen LogP contribution is -2.40. The Morgan fingerprint density at radius 1 is 1.19 bits per heavy atom. The normalized spacial score (nSPS) is 10.8. The van der Waals surface area contributed by atoms with Gasteiger partial charge in [-0.15, -0.1) is 0 Å². The van der Waals surface area contributed by atoms with Gasteiger partial charge in [0.25, 0.3) is 0 Å². The summed E-state index contributed by atoms with van der Waals surface area (Å²) in [5, 5.41) is 3.19. The van der Waals surface area contributed by atoms with Gasteiger partial charge < -0.3 is 19.5 Å². The SMILES string of the molecule is CCOc1c(Cl)cc(/C=C/C(=O)Oc2ccc(N(C)C(=O)NC(C)C)cc2)cc1OC. The van der Waals surface area contributed by atoms with E-state index in [-0.39, 0.29) is 12.1 Å². The molecule has 2 amide bonds. The second-order valence-electron chi connectivity index (χ2n) is 6.88. The summed E-state index contributed by atoms with van der Waals surface area (Å²) < 4.78 is 16.1. The number of urea groups is 1. The van der Waals surface area contributed by atoms with Gasteiger partial charge in [0.1, 0.15) is 5.75 Å². The van der Waals surface area contributed by atoms with E-state index >= 15 is 0 Å². The predicted octanol–water partition coefficient (Wildman–Crippen LogP) is 4.92. The molecule has 0 aliphatic carbocycles. The molecule has 0 unspecified atom stereocenters. The number of methoxy groups -OCH3 is 1. The number of ether oxygens (including phenoxy) is 3. The van der Waals surface area contributed by atoms with Gasteiger partial charge in [0.2, 0.25) is 0 Å². The van der Waals surface area contributed by atoms with Crippen molar-refractivity contribution in [1.82, 2.24) is 5.32 Å². The molecule has 2 rings (SSSR count). The lowest BCUT2D eigenvalue weighted by molar-refractivity contribution is -0.128. The summed E-state index contributed by atoms with van der Waals surface area (Å²) in [7, 11) is 3.18. The van der Waals surface area contributed by atoms with Gasteiger partial charge in [0.15, 0.2) is 11.5 Å². The molecule has 8 heteroatoms. The van der Waals surface area contributed by atoms with Gasteiger partial charge in [-0.2, -0.15) is 0 Å². The summed E-state index contributed by atoms with van der Waals surface area (Å²) in [6.45, 7) is 6.08. The predicted molar refractivity (Wildman–Crippen MR) is 122 cm³/mol. The molecule has 166 valence electrons. The molecule has 31 heavy (non-hydrogen) atoms. The number of esters is 1. The third kappa shape index (κ3) is 6.93. The highest BCUT2D eigenvalue weighted by atomic mass is 35.5. The first kappa shape index (κ1) is 24.1. The molecular weight excluding hydrogens is 420 g/mol. The minimum atomic E-state index is -0.553. The van der Waals surface area contributed by atoms with Crippen LogP contribution >= 0.6 is 11.6 Å². The summed E-state index contributed by atoms with van der Waals surface area (Å²) in [6, 6.07) is 9.85. The molecule has 7 nitrogen and oxygen atoms in total. The quantitative estimate of drug-likeness (QED) is 0.354. The van der Waals surface area contributed by atoms with E-state index in [4.69, 9.17) is 25.8 Å². The minimum absolute atomic E-state index is 0.0344. The Hall–Kier alpha value is -3.19. The molecule has 2 aromatic rings. The molecule has 0 aliphatic heterocycles. The maximum absolute atomic E-state index is 12.2. The van der Waals surface area contributed by atoms with Crippen LogP contribution < -0.4 is 24.4 Å². The zero-order chi connectivity index (χ0) is 23.0. The van der Waals surface area contributed by atoms with Crippen LogP contribution in [0.15, 0.2) is 42.5 Å². The number of carbonyl (C=O) groups excluding carboxylic acids is 2. The standard InChI is InChI=1S/C23H27ClN2O5/c1-6-30-22-19(24)13-16(14-20(22)29-5)7-12-21(27)31-18-10-8-17(9-11-18)26(4)23(28)25-15(2)3/h7-15H,6H2,1-5H3,(H,25,28)/b12-7+. The Bertz CT molecular complexity index is 942. The lowest BCUT2D eigenvalue weighted by Gasteiger charge is -2.19. The topological polar surface area (TPSA) is 77.1 Å². The van der Waals surface area contributed by atoms with E-state index in [9.17, 15) is 9.59 Å². The first-order valence-corrected chi connectivity index (χ1v) is 10.2. The maximum Gasteiger partial charge on any atom is 0.336 e. The van der Waals surface area contributed by atoms with Crippen molar-refractivity contribution in [2.24, 2.45) is 0 Å². The zero-order valence-electron chi connectivity index (χ0n) is 18.3. The van der Waals surface area contributed by atoms with Crippen molar-refractivity contribution in [3.63, 3.8) is 0 Å². The van der Waals surface area contributed by atoms with Crippen molar-refractivity contribution in [1.29, 1.82) is 0 Å². The monoisotopic (exact) mass is 446 g/mol. The van der Waals surface area contributed by atoms with Crippen LogP contribution in [-0.2, 0) is 4.79 Å². The number of anilines is 1. The van der Waals surface area contributed by atoms with Crippen LogP contribution in [0, 0.1) is 0 Å². The minimum Gasteiger partial charge on any atom is -0.493 e. The van der Waals surface area contributed by atoms with E-state index in [2.05, 4.69) is 5.32 Å². The van der Waals surface area contributed by atoms with Crippen molar-refractivity contribution < 1.29 is 23.8 Å². The first-order valence-electron chi connectivity index (χ1n) is 9.79. The van der Waals surface area contributed by atoms with Crippen LogP contribution in [0.4, 0.5) is 10.5 Å². The third-order valence-electron chi connectivity index (χ3n) is 4.11. The number of rotatable bonds is 8. The van der Waals surface area contributed by atoms with E-state index in [1.807, 2.05) is 20.8 Å². The molecule has 0 spiro atoms. The highest BCUT2D eigenvalue weighted by Gasteiger charge is 2.13. The lowest BCUT2D eigenvalue weighted by atomic mass is 10.2. The number of nitrogens with zero attached hydrogens (tertiary/aromatic N) is 1. The molecule has 1 N–H and O–H groups in total. The average Bonchev–Trinajstić information content (AvgIpc) is 2.73. The van der Waals surface area contributed by atoms with Gasteiger partial charge in [-0.05, 0) is 68.8 Å². The summed E-state index contributed by atoms with van der Waals surface area (Å²) in [6.07, 6.45) is 2.87.